The number of amides is 2. The Morgan fingerprint density at radius 1 is 1.50 bits per heavy atom. The Morgan fingerprint density at radius 3 is 3.18 bits per heavy atom. The van der Waals surface area contributed by atoms with Gasteiger partial charge in [0, 0.05) is 30.8 Å². The molecular formula is C15H21N5OS. The third kappa shape index (κ3) is 3.30. The Hall–Kier alpha value is -1.89. The molecule has 0 spiro atoms. The van der Waals surface area contributed by atoms with Crippen molar-refractivity contribution in [2.45, 2.75) is 45.2 Å². The van der Waals surface area contributed by atoms with Gasteiger partial charge >= 0.3 is 6.03 Å². The van der Waals surface area contributed by atoms with Crippen LogP contribution in [0.4, 0.5) is 4.79 Å². The van der Waals surface area contributed by atoms with Gasteiger partial charge in [0.1, 0.15) is 11.6 Å². The lowest BCUT2D eigenvalue weighted by Gasteiger charge is -2.16. The first-order chi connectivity index (χ1) is 10.8. The second-order valence-electron chi connectivity index (χ2n) is 5.41. The number of carbonyl (C=O) groups excluding carboxylic acids is 1. The summed E-state index contributed by atoms with van der Waals surface area (Å²) in [6.07, 6.45) is 3.76. The van der Waals surface area contributed by atoms with Crippen molar-refractivity contribution in [1.82, 2.24) is 25.4 Å². The average Bonchev–Trinajstić information content (AvgIpc) is 3.23. The van der Waals surface area contributed by atoms with Gasteiger partial charge in [-0.2, -0.15) is 0 Å². The third-order valence-corrected chi connectivity index (χ3v) is 4.91. The first-order valence-corrected chi connectivity index (χ1v) is 8.64. The SMILES string of the molecule is CC[C@@H](NC(=O)NCCc1nnc2n1CCC2)c1cccs1. The third-order valence-electron chi connectivity index (χ3n) is 3.92. The van der Waals surface area contributed by atoms with Gasteiger partial charge in [0.25, 0.3) is 0 Å². The van der Waals surface area contributed by atoms with Gasteiger partial charge in [0.05, 0.1) is 6.04 Å². The number of thiophene rings is 1. The highest BCUT2D eigenvalue weighted by Crippen LogP contribution is 2.21. The smallest absolute Gasteiger partial charge is 0.315 e. The summed E-state index contributed by atoms with van der Waals surface area (Å²) in [5, 5.41) is 16.3. The van der Waals surface area contributed by atoms with Crippen LogP contribution in [-0.2, 0) is 19.4 Å². The summed E-state index contributed by atoms with van der Waals surface area (Å²) in [4.78, 5) is 13.2. The van der Waals surface area contributed by atoms with Crippen LogP contribution in [0.25, 0.3) is 0 Å². The molecule has 7 heteroatoms. The Kier molecular flexibility index (Phi) is 4.72. The molecule has 1 aliphatic rings. The van der Waals surface area contributed by atoms with Crippen molar-refractivity contribution in [2.24, 2.45) is 0 Å². The van der Waals surface area contributed by atoms with Crippen molar-refractivity contribution in [3.8, 4) is 0 Å². The minimum Gasteiger partial charge on any atom is -0.338 e. The molecule has 2 N–H and O–H groups in total. The molecule has 0 radical (unpaired) electrons. The van der Waals surface area contributed by atoms with Crippen molar-refractivity contribution in [1.29, 1.82) is 0 Å². The molecule has 1 atom stereocenters. The van der Waals surface area contributed by atoms with Crippen LogP contribution in [0.2, 0.25) is 0 Å². The van der Waals surface area contributed by atoms with Gasteiger partial charge in [0.2, 0.25) is 0 Å². The van der Waals surface area contributed by atoms with E-state index in [0.717, 1.165) is 43.9 Å². The first-order valence-electron chi connectivity index (χ1n) is 7.76. The number of nitrogens with zero attached hydrogens (tertiary/aromatic N) is 3. The predicted molar refractivity (Wildman–Crippen MR) is 85.9 cm³/mol. The van der Waals surface area contributed by atoms with E-state index in [9.17, 15) is 4.79 Å². The van der Waals surface area contributed by atoms with Gasteiger partial charge in [-0.15, -0.1) is 21.5 Å². The summed E-state index contributed by atoms with van der Waals surface area (Å²) in [5.41, 5.74) is 0. The number of carbonyl (C=O) groups is 1. The van der Waals surface area contributed by atoms with Crippen LogP contribution in [0, 0.1) is 0 Å². The normalized spacial score (nSPS) is 14.6. The number of aromatic nitrogens is 3. The standard InChI is InChI=1S/C15H21N5OS/c1-2-11(12-5-4-10-22-12)17-15(21)16-8-7-14-19-18-13-6-3-9-20(13)14/h4-5,10-11H,2-3,6-9H2,1H3,(H2,16,17,21)/t11-/m1/s1. The lowest BCUT2D eigenvalue weighted by molar-refractivity contribution is 0.237. The van der Waals surface area contributed by atoms with E-state index in [1.807, 2.05) is 11.4 Å². The average molecular weight is 319 g/mol. The molecule has 6 nitrogen and oxygen atoms in total. The Morgan fingerprint density at radius 2 is 2.41 bits per heavy atom. The van der Waals surface area contributed by atoms with Gasteiger partial charge in [-0.3, -0.25) is 0 Å². The van der Waals surface area contributed by atoms with E-state index < -0.39 is 0 Å². The Balaban J connectivity index is 1.46. The van der Waals surface area contributed by atoms with E-state index in [-0.39, 0.29) is 12.1 Å². The summed E-state index contributed by atoms with van der Waals surface area (Å²) < 4.78 is 2.17. The maximum Gasteiger partial charge on any atom is 0.315 e. The molecule has 0 saturated carbocycles. The van der Waals surface area contributed by atoms with E-state index in [2.05, 4.69) is 38.4 Å². The van der Waals surface area contributed by atoms with Gasteiger partial charge < -0.3 is 15.2 Å². The number of rotatable bonds is 6. The maximum atomic E-state index is 12.0. The Labute approximate surface area is 133 Å². The monoisotopic (exact) mass is 319 g/mol. The van der Waals surface area contributed by atoms with Gasteiger partial charge in [0.15, 0.2) is 0 Å². The molecule has 22 heavy (non-hydrogen) atoms. The number of hydrogen-bond acceptors (Lipinski definition) is 4. The molecule has 2 amide bonds. The van der Waals surface area contributed by atoms with Gasteiger partial charge in [-0.1, -0.05) is 13.0 Å². The zero-order chi connectivity index (χ0) is 15.4. The molecule has 118 valence electrons. The highest BCUT2D eigenvalue weighted by Gasteiger charge is 2.17. The van der Waals surface area contributed by atoms with E-state index in [1.165, 1.54) is 4.88 Å². The van der Waals surface area contributed by atoms with E-state index >= 15 is 0 Å². The molecule has 3 heterocycles. The highest BCUT2D eigenvalue weighted by molar-refractivity contribution is 7.10. The van der Waals surface area contributed by atoms with Crippen LogP contribution in [0.3, 0.4) is 0 Å². The minimum atomic E-state index is -0.124. The molecule has 2 aromatic rings. The zero-order valence-electron chi connectivity index (χ0n) is 12.7. The topological polar surface area (TPSA) is 71.8 Å². The molecule has 0 aromatic carbocycles. The summed E-state index contributed by atoms with van der Waals surface area (Å²) in [5.74, 6) is 2.04. The zero-order valence-corrected chi connectivity index (χ0v) is 13.5. The molecule has 1 aliphatic heterocycles. The molecule has 0 fully saturated rings. The van der Waals surface area contributed by atoms with Crippen LogP contribution in [0.15, 0.2) is 17.5 Å². The quantitative estimate of drug-likeness (QED) is 0.858. The van der Waals surface area contributed by atoms with Crippen LogP contribution in [0.5, 0.6) is 0 Å². The summed E-state index contributed by atoms with van der Waals surface area (Å²) >= 11 is 1.67. The van der Waals surface area contributed by atoms with E-state index in [0.29, 0.717) is 6.54 Å². The van der Waals surface area contributed by atoms with Gasteiger partial charge in [-0.25, -0.2) is 4.79 Å². The van der Waals surface area contributed by atoms with Crippen LogP contribution in [0.1, 0.15) is 42.3 Å². The molecular weight excluding hydrogens is 298 g/mol. The van der Waals surface area contributed by atoms with Crippen molar-refractivity contribution in [3.63, 3.8) is 0 Å². The summed E-state index contributed by atoms with van der Waals surface area (Å²) in [6.45, 7) is 3.65. The maximum absolute atomic E-state index is 12.0. The first kappa shape index (κ1) is 15.0. The fraction of sp³-hybridized carbons (Fsp3) is 0.533. The fourth-order valence-electron chi connectivity index (χ4n) is 2.76. The van der Waals surface area contributed by atoms with Crippen LogP contribution >= 0.6 is 11.3 Å². The van der Waals surface area contributed by atoms with Crippen molar-refractivity contribution < 1.29 is 4.79 Å². The number of urea groups is 1. The number of hydrogen-bond donors (Lipinski definition) is 2. The van der Waals surface area contributed by atoms with Gasteiger partial charge in [-0.05, 0) is 24.3 Å². The summed E-state index contributed by atoms with van der Waals surface area (Å²) in [6, 6.07) is 4.02. The van der Waals surface area contributed by atoms with E-state index in [4.69, 9.17) is 0 Å². The van der Waals surface area contributed by atoms with Crippen molar-refractivity contribution >= 4 is 17.4 Å². The molecule has 2 aromatic heterocycles. The second-order valence-corrected chi connectivity index (χ2v) is 6.39. The highest BCUT2D eigenvalue weighted by atomic mass is 32.1. The fourth-order valence-corrected chi connectivity index (χ4v) is 3.62. The molecule has 0 unspecified atom stereocenters. The molecule has 0 bridgehead atoms. The minimum absolute atomic E-state index is 0.0809. The summed E-state index contributed by atoms with van der Waals surface area (Å²) in [7, 11) is 0. The number of fused-ring (bicyclic) bond motifs is 1. The Bertz CT molecular complexity index is 622. The second kappa shape index (κ2) is 6.91. The predicted octanol–water partition coefficient (Wildman–Crippen LogP) is 2.28. The van der Waals surface area contributed by atoms with Crippen LogP contribution in [-0.4, -0.2) is 27.3 Å². The lowest BCUT2D eigenvalue weighted by Crippen LogP contribution is -2.38. The van der Waals surface area contributed by atoms with Crippen LogP contribution < -0.4 is 10.6 Å². The van der Waals surface area contributed by atoms with E-state index in [1.54, 1.807) is 11.3 Å². The lowest BCUT2D eigenvalue weighted by atomic mass is 10.2. The molecule has 3 rings (SSSR count). The number of aryl methyl sites for hydroxylation is 1. The molecule has 0 saturated heterocycles. The number of nitrogens with one attached hydrogen (secondary N) is 2. The van der Waals surface area contributed by atoms with Crippen molar-refractivity contribution in [2.75, 3.05) is 6.54 Å². The molecule has 0 aliphatic carbocycles. The van der Waals surface area contributed by atoms with Crippen molar-refractivity contribution in [3.05, 3.63) is 34.0 Å². The largest absolute Gasteiger partial charge is 0.338 e.